The Morgan fingerprint density at radius 2 is 1.08 bits per heavy atom. The molecule has 8 N–H and O–H groups in total. The summed E-state index contributed by atoms with van der Waals surface area (Å²) in [5.74, 6) is -11.1. The number of hydrogen-bond acceptors (Lipinski definition) is 15. The van der Waals surface area contributed by atoms with Gasteiger partial charge in [-0.25, -0.2) is 22.4 Å². The highest BCUT2D eigenvalue weighted by molar-refractivity contribution is 5.97. The molecule has 19 heteroatoms. The molecule has 10 atom stereocenters. The van der Waals surface area contributed by atoms with Gasteiger partial charge in [-0.3, -0.25) is 0 Å². The summed E-state index contributed by atoms with van der Waals surface area (Å²) in [5.41, 5.74) is -5.34. The van der Waals surface area contributed by atoms with Gasteiger partial charge in [-0.1, -0.05) is 0 Å². The molecule has 4 aliphatic rings. The Balaban J connectivity index is 1.33. The largest absolute Gasteiger partial charge is 0.462 e. The summed E-state index contributed by atoms with van der Waals surface area (Å²) < 4.78 is 93.7. The summed E-state index contributed by atoms with van der Waals surface area (Å²) in [5, 5.41) is 80.5. The van der Waals surface area contributed by atoms with Crippen molar-refractivity contribution in [1.82, 2.24) is 0 Å². The molecule has 0 aromatic heterocycles. The maximum atomic E-state index is 15.8. The zero-order valence-electron chi connectivity index (χ0n) is 25.6. The molecule has 0 saturated carbocycles. The minimum Gasteiger partial charge on any atom is -0.462 e. The molecule has 0 bridgehead atoms. The highest BCUT2D eigenvalue weighted by Gasteiger charge is 2.58. The van der Waals surface area contributed by atoms with Gasteiger partial charge in [-0.2, -0.15) is 0 Å². The number of aliphatic hydroxyl groups excluding tert-OH is 8. The van der Waals surface area contributed by atoms with Gasteiger partial charge < -0.3 is 69.3 Å². The van der Waals surface area contributed by atoms with Crippen molar-refractivity contribution >= 4 is 5.97 Å². The minimum atomic E-state index is -2.54. The Morgan fingerprint density at radius 3 is 1.53 bits per heavy atom. The Bertz CT molecular complexity index is 1790. The summed E-state index contributed by atoms with van der Waals surface area (Å²) in [6.07, 6.45) is -16.8. The molecule has 0 radical (unpaired) electrons. The number of benzene rings is 3. The summed E-state index contributed by atoms with van der Waals surface area (Å²) in [6, 6.07) is 6.77. The monoisotopic (exact) mass is 728 g/mol. The number of hydrogen-bond donors (Lipinski definition) is 8. The molecule has 1 spiro atoms. The fourth-order valence-corrected chi connectivity index (χ4v) is 6.54. The van der Waals surface area contributed by atoms with Crippen molar-refractivity contribution in [1.29, 1.82) is 0 Å². The van der Waals surface area contributed by atoms with Crippen LogP contribution < -0.4 is 14.2 Å². The van der Waals surface area contributed by atoms with Gasteiger partial charge in [0, 0.05) is 23.3 Å². The number of fused-ring (bicyclic) bond motifs is 6. The zero-order valence-corrected chi connectivity index (χ0v) is 25.6. The molecule has 51 heavy (non-hydrogen) atoms. The van der Waals surface area contributed by atoms with E-state index in [1.54, 1.807) is 0 Å². The first kappa shape index (κ1) is 35.3. The lowest BCUT2D eigenvalue weighted by Crippen LogP contribution is -2.60. The molecule has 2 fully saturated rings. The fourth-order valence-electron chi connectivity index (χ4n) is 6.54. The average Bonchev–Trinajstić information content (AvgIpc) is 3.42. The number of rotatable bonds is 6. The van der Waals surface area contributed by atoms with E-state index >= 15 is 8.78 Å². The lowest BCUT2D eigenvalue weighted by Gasteiger charge is -2.40. The Hall–Kier alpha value is -4.15. The smallest absolute Gasteiger partial charge is 0.343 e. The van der Waals surface area contributed by atoms with E-state index in [9.17, 15) is 54.4 Å². The Labute approximate surface area is 282 Å². The predicted molar refractivity (Wildman–Crippen MR) is 153 cm³/mol. The summed E-state index contributed by atoms with van der Waals surface area (Å²) >= 11 is 0. The van der Waals surface area contributed by atoms with Crippen LogP contribution in [-0.2, 0) is 19.8 Å². The lowest BCUT2D eigenvalue weighted by atomic mass is 9.77. The van der Waals surface area contributed by atoms with Gasteiger partial charge in [0.25, 0.3) is 0 Å². The number of carbonyl (C=O) groups excluding carboxylic acids is 1. The number of halogens is 4. The average molecular weight is 729 g/mol. The van der Waals surface area contributed by atoms with Gasteiger partial charge in [0.2, 0.25) is 12.6 Å². The maximum absolute atomic E-state index is 15.8. The van der Waals surface area contributed by atoms with Crippen LogP contribution in [0.5, 0.6) is 23.0 Å². The molecule has 4 aliphatic heterocycles. The maximum Gasteiger partial charge on any atom is 0.343 e. The van der Waals surface area contributed by atoms with Gasteiger partial charge in [0.15, 0.2) is 28.9 Å². The molecular weight excluding hydrogens is 700 g/mol. The molecule has 0 amide bonds. The van der Waals surface area contributed by atoms with Crippen molar-refractivity contribution in [3.63, 3.8) is 0 Å². The van der Waals surface area contributed by atoms with Crippen LogP contribution in [0.2, 0.25) is 0 Å². The molecule has 15 nitrogen and oxygen atoms in total. The molecule has 4 heterocycles. The Kier molecular flexibility index (Phi) is 8.86. The SMILES string of the molecule is O=C1OC2(c3ccc(O[C@@H]4O[C@H](CO)[C@H](O)[C@H](O)[C@H]4O)cc3Oc3cc(O[C@@H]4O[C@H](CO)[C@H](O)[C@H](O)[C@H]4O)ccc32)c2c(F)c(F)c(F)c(F)c21. The molecule has 274 valence electrons. The topological polar surface area (TPSA) is 234 Å². The number of aliphatic hydroxyl groups is 8. The molecule has 0 unspecified atom stereocenters. The van der Waals surface area contributed by atoms with Crippen LogP contribution in [0.3, 0.4) is 0 Å². The van der Waals surface area contributed by atoms with Crippen molar-refractivity contribution in [3.05, 3.63) is 81.9 Å². The predicted octanol–water partition coefficient (Wildman–Crippen LogP) is -0.832. The summed E-state index contributed by atoms with van der Waals surface area (Å²) in [6.45, 7) is -1.54. The quantitative estimate of drug-likeness (QED) is 0.0670. The number of ether oxygens (including phenoxy) is 6. The van der Waals surface area contributed by atoms with Gasteiger partial charge in [-0.05, 0) is 24.3 Å². The van der Waals surface area contributed by atoms with Gasteiger partial charge in [0.05, 0.1) is 18.8 Å². The second-order valence-corrected chi connectivity index (χ2v) is 12.1. The van der Waals surface area contributed by atoms with E-state index in [2.05, 4.69) is 0 Å². The molecule has 3 aromatic rings. The standard InChI is InChI=1S/C32H28F4O15/c33-19-17-18(20(34)22(36)21(19)35)32(51-29(17)45)11-3-1-9(46-30-27(43)25(41)23(39)15(7-37)49-30)5-13(11)48-14-6-10(2-4-12(14)32)47-31-28(44)26(42)24(40)16(8-38)50-31/h1-6,15-16,23-28,30-31,37-44H,7-8H2/t15-,16-,23+,24+,25+,26+,27-,28-,30-,31-/m1/s1. The molecular formula is C32H28F4O15. The van der Waals surface area contributed by atoms with Crippen molar-refractivity contribution < 1.29 is 91.6 Å². The van der Waals surface area contributed by atoms with Crippen LogP contribution >= 0.6 is 0 Å². The molecule has 7 rings (SSSR count). The van der Waals surface area contributed by atoms with E-state index < -0.39 is 121 Å². The first-order valence-electron chi connectivity index (χ1n) is 15.2. The Morgan fingerprint density at radius 1 is 0.627 bits per heavy atom. The van der Waals surface area contributed by atoms with Crippen molar-refractivity contribution in [2.45, 2.75) is 67.0 Å². The highest BCUT2D eigenvalue weighted by atomic mass is 19.2. The molecule has 2 saturated heterocycles. The van der Waals surface area contributed by atoms with Crippen molar-refractivity contribution in [3.8, 4) is 23.0 Å². The van der Waals surface area contributed by atoms with Crippen LogP contribution in [0.15, 0.2) is 36.4 Å². The van der Waals surface area contributed by atoms with Crippen LogP contribution in [0.25, 0.3) is 0 Å². The minimum absolute atomic E-state index is 0.202. The number of esters is 1. The third-order valence-corrected chi connectivity index (χ3v) is 9.16. The molecule has 3 aromatic carbocycles. The molecule has 0 aliphatic carbocycles. The van der Waals surface area contributed by atoms with Crippen LogP contribution in [-0.4, -0.2) is 121 Å². The van der Waals surface area contributed by atoms with Crippen LogP contribution in [0.4, 0.5) is 17.6 Å². The third kappa shape index (κ3) is 5.31. The highest BCUT2D eigenvalue weighted by Crippen LogP contribution is 2.58. The van der Waals surface area contributed by atoms with Gasteiger partial charge in [-0.15, -0.1) is 0 Å². The number of carbonyl (C=O) groups is 1. The summed E-state index contributed by atoms with van der Waals surface area (Å²) in [4.78, 5) is 13.1. The second-order valence-electron chi connectivity index (χ2n) is 12.1. The first-order chi connectivity index (χ1) is 24.2. The van der Waals surface area contributed by atoms with Crippen molar-refractivity contribution in [2.24, 2.45) is 0 Å². The van der Waals surface area contributed by atoms with E-state index in [1.807, 2.05) is 0 Å². The fraction of sp³-hybridized carbons (Fsp3) is 0.406. The normalized spacial score (nSPS) is 32.0. The van der Waals surface area contributed by atoms with Crippen LogP contribution in [0.1, 0.15) is 27.0 Å². The van der Waals surface area contributed by atoms with Gasteiger partial charge >= 0.3 is 5.97 Å². The van der Waals surface area contributed by atoms with Crippen molar-refractivity contribution in [2.75, 3.05) is 13.2 Å². The van der Waals surface area contributed by atoms with E-state index in [1.165, 1.54) is 0 Å². The van der Waals surface area contributed by atoms with E-state index in [0.29, 0.717) is 0 Å². The summed E-state index contributed by atoms with van der Waals surface area (Å²) in [7, 11) is 0. The second kappa shape index (κ2) is 12.8. The van der Waals surface area contributed by atoms with E-state index in [4.69, 9.17) is 28.4 Å². The zero-order chi connectivity index (χ0) is 36.7. The van der Waals surface area contributed by atoms with E-state index in [0.717, 1.165) is 36.4 Å². The van der Waals surface area contributed by atoms with Gasteiger partial charge in [0.1, 0.15) is 77.4 Å². The van der Waals surface area contributed by atoms with E-state index in [-0.39, 0.29) is 34.1 Å². The van der Waals surface area contributed by atoms with Crippen LogP contribution in [0, 0.1) is 23.3 Å². The lowest BCUT2D eigenvalue weighted by molar-refractivity contribution is -0.277. The first-order valence-corrected chi connectivity index (χ1v) is 15.2. The third-order valence-electron chi connectivity index (χ3n) is 9.16.